The van der Waals surface area contributed by atoms with E-state index in [4.69, 9.17) is 4.74 Å². The van der Waals surface area contributed by atoms with Crippen molar-refractivity contribution >= 4 is 17.5 Å². The van der Waals surface area contributed by atoms with Gasteiger partial charge in [-0.3, -0.25) is 4.98 Å². The van der Waals surface area contributed by atoms with Gasteiger partial charge in [-0.05, 0) is 13.0 Å². The minimum atomic E-state index is -0.411. The Bertz CT molecular complexity index is 843. The van der Waals surface area contributed by atoms with Gasteiger partial charge in [0.25, 0.3) is 0 Å². The molecule has 1 aromatic carbocycles. The van der Waals surface area contributed by atoms with Gasteiger partial charge in [0.15, 0.2) is 0 Å². The first-order chi connectivity index (χ1) is 11.7. The summed E-state index contributed by atoms with van der Waals surface area (Å²) in [4.78, 5) is 16.0. The molecule has 0 spiro atoms. The number of nitrogens with one attached hydrogen (secondary N) is 1. The van der Waals surface area contributed by atoms with E-state index in [0.717, 1.165) is 17.1 Å². The van der Waals surface area contributed by atoms with E-state index in [1.807, 2.05) is 48.0 Å². The molecule has 0 saturated carbocycles. The zero-order chi connectivity index (χ0) is 16.9. The molecule has 3 rings (SSSR count). The lowest BCUT2D eigenvalue weighted by atomic mass is 10.1. The standard InChI is InChI=1S/C18H18N4O2/c1-3-22-17(11-15(21-22)13-7-5-4-6-8-13)20-16-12-19-10-9-14(16)18(23)24-2/h4-12,20H,3H2,1-2H3. The number of aromatic nitrogens is 3. The third-order valence-corrected chi connectivity index (χ3v) is 3.64. The quantitative estimate of drug-likeness (QED) is 0.728. The Hall–Kier alpha value is -3.15. The maximum absolute atomic E-state index is 11.9. The van der Waals surface area contributed by atoms with Crippen LogP contribution in [-0.4, -0.2) is 27.8 Å². The Morgan fingerprint density at radius 3 is 2.75 bits per heavy atom. The fourth-order valence-electron chi connectivity index (χ4n) is 2.43. The molecule has 24 heavy (non-hydrogen) atoms. The molecule has 6 heteroatoms. The second-order valence-electron chi connectivity index (χ2n) is 5.13. The monoisotopic (exact) mass is 322 g/mol. The highest BCUT2D eigenvalue weighted by Gasteiger charge is 2.14. The van der Waals surface area contributed by atoms with Gasteiger partial charge in [-0.15, -0.1) is 0 Å². The van der Waals surface area contributed by atoms with Gasteiger partial charge in [0.1, 0.15) is 5.82 Å². The number of anilines is 2. The summed E-state index contributed by atoms with van der Waals surface area (Å²) >= 11 is 0. The van der Waals surface area contributed by atoms with E-state index in [1.165, 1.54) is 7.11 Å². The number of hydrogen-bond donors (Lipinski definition) is 1. The average molecular weight is 322 g/mol. The van der Waals surface area contributed by atoms with Crippen LogP contribution in [0.25, 0.3) is 11.3 Å². The number of esters is 1. The molecular weight excluding hydrogens is 304 g/mol. The summed E-state index contributed by atoms with van der Waals surface area (Å²) in [7, 11) is 1.36. The first kappa shape index (κ1) is 15.7. The van der Waals surface area contributed by atoms with Crippen LogP contribution in [0.1, 0.15) is 17.3 Å². The van der Waals surface area contributed by atoms with Gasteiger partial charge in [-0.1, -0.05) is 30.3 Å². The lowest BCUT2D eigenvalue weighted by Gasteiger charge is -2.10. The Kier molecular flexibility index (Phi) is 4.56. The van der Waals surface area contributed by atoms with E-state index in [9.17, 15) is 4.79 Å². The highest BCUT2D eigenvalue weighted by Crippen LogP contribution is 2.26. The number of rotatable bonds is 5. The fraction of sp³-hybridized carbons (Fsp3) is 0.167. The van der Waals surface area contributed by atoms with Gasteiger partial charge < -0.3 is 10.1 Å². The van der Waals surface area contributed by atoms with E-state index in [0.29, 0.717) is 17.8 Å². The number of methoxy groups -OCH3 is 1. The van der Waals surface area contributed by atoms with E-state index in [-0.39, 0.29) is 0 Å². The molecule has 0 aliphatic heterocycles. The van der Waals surface area contributed by atoms with Crippen molar-refractivity contribution in [3.63, 3.8) is 0 Å². The summed E-state index contributed by atoms with van der Waals surface area (Å²) in [5.74, 6) is 0.375. The van der Waals surface area contributed by atoms with Gasteiger partial charge in [0.2, 0.25) is 0 Å². The van der Waals surface area contributed by atoms with Gasteiger partial charge in [0.05, 0.1) is 30.3 Å². The van der Waals surface area contributed by atoms with Crippen molar-refractivity contribution in [1.82, 2.24) is 14.8 Å². The van der Waals surface area contributed by atoms with E-state index < -0.39 is 5.97 Å². The van der Waals surface area contributed by atoms with Crippen molar-refractivity contribution in [2.45, 2.75) is 13.5 Å². The molecule has 0 fully saturated rings. The molecule has 0 radical (unpaired) electrons. The van der Waals surface area contributed by atoms with Gasteiger partial charge in [-0.2, -0.15) is 5.10 Å². The number of benzene rings is 1. The summed E-state index contributed by atoms with van der Waals surface area (Å²) in [6.45, 7) is 2.71. The van der Waals surface area contributed by atoms with Crippen molar-refractivity contribution in [3.05, 3.63) is 60.4 Å². The topological polar surface area (TPSA) is 69.0 Å². The number of carbonyl (C=O) groups excluding carboxylic acids is 1. The van der Waals surface area contributed by atoms with Crippen LogP contribution >= 0.6 is 0 Å². The fourth-order valence-corrected chi connectivity index (χ4v) is 2.43. The molecule has 0 unspecified atom stereocenters. The average Bonchev–Trinajstić information content (AvgIpc) is 3.05. The first-order valence-electron chi connectivity index (χ1n) is 7.65. The van der Waals surface area contributed by atoms with Gasteiger partial charge >= 0.3 is 5.97 Å². The van der Waals surface area contributed by atoms with Crippen LogP contribution in [-0.2, 0) is 11.3 Å². The molecule has 1 N–H and O–H groups in total. The number of ether oxygens (including phenoxy) is 1. The number of hydrogen-bond acceptors (Lipinski definition) is 5. The lowest BCUT2D eigenvalue weighted by Crippen LogP contribution is -2.08. The summed E-state index contributed by atoms with van der Waals surface area (Å²) in [5, 5.41) is 7.84. The van der Waals surface area contributed by atoms with Gasteiger partial charge in [-0.25, -0.2) is 9.48 Å². The third kappa shape index (κ3) is 3.12. The number of pyridine rings is 1. The zero-order valence-electron chi connectivity index (χ0n) is 13.6. The SMILES string of the molecule is CCn1nc(-c2ccccc2)cc1Nc1cnccc1C(=O)OC. The van der Waals surface area contributed by atoms with Crippen LogP contribution in [0.15, 0.2) is 54.9 Å². The van der Waals surface area contributed by atoms with E-state index in [1.54, 1.807) is 18.5 Å². The van der Waals surface area contributed by atoms with Crippen molar-refractivity contribution in [2.24, 2.45) is 0 Å². The highest BCUT2D eigenvalue weighted by atomic mass is 16.5. The third-order valence-electron chi connectivity index (χ3n) is 3.64. The van der Waals surface area contributed by atoms with Crippen LogP contribution in [0, 0.1) is 0 Å². The number of carbonyl (C=O) groups is 1. The Morgan fingerprint density at radius 1 is 1.25 bits per heavy atom. The summed E-state index contributed by atoms with van der Waals surface area (Å²) in [6.07, 6.45) is 3.16. The normalized spacial score (nSPS) is 10.4. The van der Waals surface area contributed by atoms with Crippen molar-refractivity contribution in [3.8, 4) is 11.3 Å². The predicted octanol–water partition coefficient (Wildman–Crippen LogP) is 3.50. The molecule has 0 aliphatic rings. The molecule has 0 atom stereocenters. The molecular formula is C18H18N4O2. The minimum absolute atomic E-state index is 0.411. The lowest BCUT2D eigenvalue weighted by molar-refractivity contribution is 0.0602. The molecule has 6 nitrogen and oxygen atoms in total. The second-order valence-corrected chi connectivity index (χ2v) is 5.13. The Morgan fingerprint density at radius 2 is 2.04 bits per heavy atom. The molecule has 2 aromatic heterocycles. The Labute approximate surface area is 140 Å². The molecule has 122 valence electrons. The molecule has 2 heterocycles. The van der Waals surface area contributed by atoms with Crippen molar-refractivity contribution in [1.29, 1.82) is 0 Å². The highest BCUT2D eigenvalue weighted by molar-refractivity contribution is 5.96. The summed E-state index contributed by atoms with van der Waals surface area (Å²) in [5.41, 5.74) is 2.91. The maximum atomic E-state index is 11.9. The van der Waals surface area contributed by atoms with Crippen molar-refractivity contribution < 1.29 is 9.53 Å². The molecule has 3 aromatic rings. The van der Waals surface area contributed by atoms with Crippen LogP contribution in [0.3, 0.4) is 0 Å². The minimum Gasteiger partial charge on any atom is -0.465 e. The zero-order valence-corrected chi connectivity index (χ0v) is 13.6. The summed E-state index contributed by atoms with van der Waals surface area (Å²) in [6, 6.07) is 13.5. The smallest absolute Gasteiger partial charge is 0.340 e. The van der Waals surface area contributed by atoms with Gasteiger partial charge in [0, 0.05) is 24.4 Å². The second kappa shape index (κ2) is 6.95. The van der Waals surface area contributed by atoms with Crippen molar-refractivity contribution in [2.75, 3.05) is 12.4 Å². The largest absolute Gasteiger partial charge is 0.465 e. The maximum Gasteiger partial charge on any atom is 0.340 e. The molecule has 0 amide bonds. The van der Waals surface area contributed by atoms with Crippen LogP contribution in [0.2, 0.25) is 0 Å². The van der Waals surface area contributed by atoms with Crippen LogP contribution < -0.4 is 5.32 Å². The van der Waals surface area contributed by atoms with E-state index >= 15 is 0 Å². The number of nitrogens with zero attached hydrogens (tertiary/aromatic N) is 3. The van der Waals surface area contributed by atoms with Crippen LogP contribution in [0.4, 0.5) is 11.5 Å². The molecule has 0 saturated heterocycles. The molecule has 0 aliphatic carbocycles. The first-order valence-corrected chi connectivity index (χ1v) is 7.65. The molecule has 0 bridgehead atoms. The van der Waals surface area contributed by atoms with E-state index in [2.05, 4.69) is 15.4 Å². The summed E-state index contributed by atoms with van der Waals surface area (Å²) < 4.78 is 6.66. The van der Waals surface area contributed by atoms with Crippen LogP contribution in [0.5, 0.6) is 0 Å². The predicted molar refractivity (Wildman–Crippen MR) is 92.2 cm³/mol. The number of aryl methyl sites for hydroxylation is 1. The Balaban J connectivity index is 1.97.